The third-order valence-electron chi connectivity index (χ3n) is 5.31. The third-order valence-corrected chi connectivity index (χ3v) is 5.31. The molecule has 0 aliphatic carbocycles. The number of carbonyl (C=O) groups excluding carboxylic acids is 1. The van der Waals surface area contributed by atoms with Crippen molar-refractivity contribution in [1.82, 2.24) is 0 Å². The van der Waals surface area contributed by atoms with Crippen LogP contribution in [-0.2, 0) is 14.2 Å². The van der Waals surface area contributed by atoms with Gasteiger partial charge in [0.25, 0.3) is 0 Å². The zero-order chi connectivity index (χ0) is 23.6. The smallest absolute Gasteiger partial charge is 0.343 e. The van der Waals surface area contributed by atoms with Gasteiger partial charge in [0.15, 0.2) is 17.9 Å². The summed E-state index contributed by atoms with van der Waals surface area (Å²) in [6.45, 7) is 3.45. The Kier molecular flexibility index (Phi) is 9.31. The number of hydrogen-bond donors (Lipinski definition) is 0. The van der Waals surface area contributed by atoms with Crippen LogP contribution < -0.4 is 4.74 Å². The molecule has 0 aromatic heterocycles. The number of halogens is 2. The first-order valence-electron chi connectivity index (χ1n) is 11.1. The summed E-state index contributed by atoms with van der Waals surface area (Å²) in [7, 11) is 0. The van der Waals surface area contributed by atoms with Crippen molar-refractivity contribution in [1.29, 1.82) is 5.26 Å². The van der Waals surface area contributed by atoms with E-state index in [9.17, 15) is 13.6 Å². The molecule has 6 nitrogen and oxygen atoms in total. The van der Waals surface area contributed by atoms with Crippen molar-refractivity contribution in [3.05, 3.63) is 64.7 Å². The molecule has 33 heavy (non-hydrogen) atoms. The van der Waals surface area contributed by atoms with Crippen LogP contribution in [0.1, 0.15) is 66.6 Å². The van der Waals surface area contributed by atoms with Gasteiger partial charge < -0.3 is 18.9 Å². The predicted molar refractivity (Wildman–Crippen MR) is 116 cm³/mol. The molecule has 2 unspecified atom stereocenters. The molecule has 0 spiro atoms. The van der Waals surface area contributed by atoms with Gasteiger partial charge in [0.05, 0.1) is 24.3 Å². The zero-order valence-electron chi connectivity index (χ0n) is 18.5. The van der Waals surface area contributed by atoms with Gasteiger partial charge in [-0.1, -0.05) is 44.7 Å². The summed E-state index contributed by atoms with van der Waals surface area (Å²) in [4.78, 5) is 12.3. The van der Waals surface area contributed by atoms with Crippen molar-refractivity contribution < 1.29 is 32.5 Å². The Morgan fingerprint density at radius 3 is 2.45 bits per heavy atom. The maximum absolute atomic E-state index is 14.0. The summed E-state index contributed by atoms with van der Waals surface area (Å²) in [5.41, 5.74) is 0.495. The summed E-state index contributed by atoms with van der Waals surface area (Å²) in [5.74, 6) is -4.17. The standard InChI is InChI=1S/C25H27F2NO5/c1-2-3-4-5-6-13-30-22-16-31-21(15-32-22)17-7-9-18(10-8-17)25(29)33-20-12-11-19(14-28)23(26)24(20)27/h7-12,21-22H,2-6,13,15-16H2,1H3. The lowest BCUT2D eigenvalue weighted by Gasteiger charge is -2.29. The van der Waals surface area contributed by atoms with Gasteiger partial charge in [-0.2, -0.15) is 9.65 Å². The third kappa shape index (κ3) is 6.81. The van der Waals surface area contributed by atoms with E-state index in [2.05, 4.69) is 6.92 Å². The lowest BCUT2D eigenvalue weighted by Crippen LogP contribution is -2.33. The Bertz CT molecular complexity index is 966. The van der Waals surface area contributed by atoms with Crippen LogP contribution in [0.5, 0.6) is 5.75 Å². The van der Waals surface area contributed by atoms with Crippen LogP contribution in [0, 0.1) is 23.0 Å². The van der Waals surface area contributed by atoms with E-state index < -0.39 is 28.9 Å². The molecule has 0 N–H and O–H groups in total. The fourth-order valence-electron chi connectivity index (χ4n) is 3.38. The van der Waals surface area contributed by atoms with Crippen LogP contribution in [0.15, 0.2) is 36.4 Å². The van der Waals surface area contributed by atoms with Gasteiger partial charge in [0.2, 0.25) is 5.82 Å². The molecule has 0 saturated carbocycles. The van der Waals surface area contributed by atoms with Gasteiger partial charge in [0.1, 0.15) is 12.2 Å². The average molecular weight is 459 g/mol. The number of hydrogen-bond acceptors (Lipinski definition) is 6. The molecule has 1 saturated heterocycles. The van der Waals surface area contributed by atoms with E-state index in [0.29, 0.717) is 19.8 Å². The van der Waals surface area contributed by atoms with Gasteiger partial charge >= 0.3 is 5.97 Å². The van der Waals surface area contributed by atoms with E-state index in [1.165, 1.54) is 37.5 Å². The highest BCUT2D eigenvalue weighted by atomic mass is 19.2. The quantitative estimate of drug-likeness (QED) is 0.267. The molecule has 8 heteroatoms. The number of ether oxygens (including phenoxy) is 4. The van der Waals surface area contributed by atoms with Crippen LogP contribution in [0.4, 0.5) is 8.78 Å². The highest BCUT2D eigenvalue weighted by Crippen LogP contribution is 2.26. The number of nitrogens with zero attached hydrogens (tertiary/aromatic N) is 1. The fraction of sp³-hybridized carbons (Fsp3) is 0.440. The van der Waals surface area contributed by atoms with E-state index in [1.54, 1.807) is 12.1 Å². The normalized spacial score (nSPS) is 18.0. The summed E-state index contributed by atoms with van der Waals surface area (Å²) < 4.78 is 49.9. The second-order valence-electron chi connectivity index (χ2n) is 7.73. The van der Waals surface area contributed by atoms with Crippen molar-refractivity contribution in [3.8, 4) is 11.8 Å². The van der Waals surface area contributed by atoms with E-state index in [-0.39, 0.29) is 18.0 Å². The Labute approximate surface area is 192 Å². The first-order valence-corrected chi connectivity index (χ1v) is 11.1. The molecular weight excluding hydrogens is 432 g/mol. The van der Waals surface area contributed by atoms with Gasteiger partial charge in [-0.3, -0.25) is 0 Å². The second kappa shape index (κ2) is 12.4. The topological polar surface area (TPSA) is 77.8 Å². The molecule has 0 amide bonds. The maximum Gasteiger partial charge on any atom is 0.343 e. The lowest BCUT2D eigenvalue weighted by molar-refractivity contribution is -0.236. The molecular formula is C25H27F2NO5. The van der Waals surface area contributed by atoms with Crippen molar-refractivity contribution in [2.75, 3.05) is 19.8 Å². The molecule has 1 aliphatic rings. The number of unbranched alkanes of at least 4 members (excludes halogenated alkanes) is 4. The zero-order valence-corrected chi connectivity index (χ0v) is 18.5. The Hall–Kier alpha value is -2.86. The fourth-order valence-corrected chi connectivity index (χ4v) is 3.38. The second-order valence-corrected chi connectivity index (χ2v) is 7.73. The molecule has 1 aliphatic heterocycles. The average Bonchev–Trinajstić information content (AvgIpc) is 2.85. The molecule has 176 valence electrons. The largest absolute Gasteiger partial charge is 0.420 e. The van der Waals surface area contributed by atoms with Gasteiger partial charge in [-0.15, -0.1) is 0 Å². The van der Waals surface area contributed by atoms with Crippen molar-refractivity contribution in [2.24, 2.45) is 0 Å². The first-order chi connectivity index (χ1) is 16.0. The van der Waals surface area contributed by atoms with Crippen LogP contribution in [0.2, 0.25) is 0 Å². The van der Waals surface area contributed by atoms with Gasteiger partial charge in [-0.05, 0) is 36.2 Å². The summed E-state index contributed by atoms with van der Waals surface area (Å²) in [6.07, 6.45) is 5.12. The highest BCUT2D eigenvalue weighted by molar-refractivity contribution is 5.91. The Balaban J connectivity index is 1.47. The SMILES string of the molecule is CCCCCCCOC1COC(c2ccc(C(=O)Oc3ccc(C#N)c(F)c3F)cc2)CO1. The van der Waals surface area contributed by atoms with Crippen molar-refractivity contribution in [2.45, 2.75) is 51.4 Å². The summed E-state index contributed by atoms with van der Waals surface area (Å²) in [5, 5.41) is 8.73. The van der Waals surface area contributed by atoms with Gasteiger partial charge in [-0.25, -0.2) is 9.18 Å². The van der Waals surface area contributed by atoms with Gasteiger partial charge in [0, 0.05) is 6.61 Å². The monoisotopic (exact) mass is 459 g/mol. The van der Waals surface area contributed by atoms with Crippen LogP contribution in [0.25, 0.3) is 0 Å². The minimum atomic E-state index is -1.38. The highest BCUT2D eigenvalue weighted by Gasteiger charge is 2.24. The molecule has 2 aromatic rings. The Morgan fingerprint density at radius 1 is 1.03 bits per heavy atom. The minimum absolute atomic E-state index is 0.156. The number of carbonyl (C=O) groups is 1. The van der Waals surface area contributed by atoms with Crippen molar-refractivity contribution >= 4 is 5.97 Å². The molecule has 1 fully saturated rings. The Morgan fingerprint density at radius 2 is 1.79 bits per heavy atom. The number of esters is 1. The minimum Gasteiger partial charge on any atom is -0.420 e. The van der Waals surface area contributed by atoms with Crippen LogP contribution >= 0.6 is 0 Å². The van der Waals surface area contributed by atoms with Crippen LogP contribution in [-0.4, -0.2) is 32.1 Å². The van der Waals surface area contributed by atoms with E-state index in [1.807, 2.05) is 0 Å². The van der Waals surface area contributed by atoms with Crippen molar-refractivity contribution in [3.63, 3.8) is 0 Å². The van der Waals surface area contributed by atoms with E-state index in [0.717, 1.165) is 30.5 Å². The molecule has 0 radical (unpaired) electrons. The number of rotatable bonds is 10. The lowest BCUT2D eigenvalue weighted by atomic mass is 10.1. The number of nitriles is 1. The molecule has 2 atom stereocenters. The maximum atomic E-state index is 14.0. The summed E-state index contributed by atoms with van der Waals surface area (Å²) >= 11 is 0. The molecule has 2 aromatic carbocycles. The predicted octanol–water partition coefficient (Wildman–Crippen LogP) is 5.46. The molecule has 1 heterocycles. The summed E-state index contributed by atoms with van der Waals surface area (Å²) in [6, 6.07) is 10.0. The molecule has 0 bridgehead atoms. The van der Waals surface area contributed by atoms with E-state index >= 15 is 0 Å². The van der Waals surface area contributed by atoms with Crippen LogP contribution in [0.3, 0.4) is 0 Å². The van der Waals surface area contributed by atoms with E-state index in [4.69, 9.17) is 24.2 Å². The molecule has 3 rings (SSSR count). The number of benzene rings is 2. The first kappa shape index (κ1) is 24.8.